The molecule has 1 aromatic carbocycles. The van der Waals surface area contributed by atoms with Gasteiger partial charge in [-0.15, -0.1) is 0 Å². The summed E-state index contributed by atoms with van der Waals surface area (Å²) in [6.07, 6.45) is 3.05. The van der Waals surface area contributed by atoms with Crippen molar-refractivity contribution in [3.05, 3.63) is 63.5 Å². The molecule has 0 aliphatic heterocycles. The third kappa shape index (κ3) is 4.15. The van der Waals surface area contributed by atoms with Crippen molar-refractivity contribution in [2.75, 3.05) is 0 Å². The molecule has 0 fully saturated rings. The highest BCUT2D eigenvalue weighted by Crippen LogP contribution is 2.22. The fourth-order valence-corrected chi connectivity index (χ4v) is 1.92. The first-order chi connectivity index (χ1) is 9.54. The average molecular weight is 310 g/mol. The van der Waals surface area contributed by atoms with Crippen LogP contribution in [-0.2, 0) is 11.3 Å². The number of amides is 1. The predicted octanol–water partition coefficient (Wildman–Crippen LogP) is 4.22. The Labute approximate surface area is 127 Å². The molecule has 5 heteroatoms. The molecule has 20 heavy (non-hydrogen) atoms. The van der Waals surface area contributed by atoms with Crippen molar-refractivity contribution < 1.29 is 9.21 Å². The topological polar surface area (TPSA) is 42.2 Å². The van der Waals surface area contributed by atoms with Crippen LogP contribution in [0.5, 0.6) is 0 Å². The summed E-state index contributed by atoms with van der Waals surface area (Å²) in [6, 6.07) is 8.89. The van der Waals surface area contributed by atoms with Gasteiger partial charge in [0.25, 0.3) is 0 Å². The third-order valence-electron chi connectivity index (χ3n) is 2.61. The first-order valence-corrected chi connectivity index (χ1v) is 6.76. The number of carbonyl (C=O) groups excluding carboxylic acids is 1. The molecule has 0 atom stereocenters. The van der Waals surface area contributed by atoms with Gasteiger partial charge in [0, 0.05) is 12.6 Å². The number of aryl methyl sites for hydroxylation is 1. The van der Waals surface area contributed by atoms with E-state index in [4.69, 9.17) is 27.6 Å². The lowest BCUT2D eigenvalue weighted by Gasteiger charge is -2.04. The Bertz CT molecular complexity index is 647. The van der Waals surface area contributed by atoms with Crippen molar-refractivity contribution in [2.45, 2.75) is 13.5 Å². The van der Waals surface area contributed by atoms with E-state index in [2.05, 4.69) is 5.32 Å². The number of hydrogen-bond donors (Lipinski definition) is 1. The molecule has 0 aliphatic carbocycles. The molecule has 2 aromatic rings. The van der Waals surface area contributed by atoms with Gasteiger partial charge in [0.1, 0.15) is 11.5 Å². The van der Waals surface area contributed by atoms with Crippen LogP contribution >= 0.6 is 23.2 Å². The molecule has 0 aliphatic rings. The maximum absolute atomic E-state index is 11.6. The van der Waals surface area contributed by atoms with Gasteiger partial charge in [0.15, 0.2) is 0 Å². The van der Waals surface area contributed by atoms with Crippen LogP contribution in [0.15, 0.2) is 40.8 Å². The van der Waals surface area contributed by atoms with E-state index in [0.717, 1.165) is 11.3 Å². The molecule has 1 heterocycles. The molecular formula is C15H13Cl2NO2. The van der Waals surface area contributed by atoms with Gasteiger partial charge in [0.05, 0.1) is 10.0 Å². The van der Waals surface area contributed by atoms with Crippen LogP contribution in [0.25, 0.3) is 6.08 Å². The molecule has 0 saturated heterocycles. The van der Waals surface area contributed by atoms with E-state index in [9.17, 15) is 4.79 Å². The summed E-state index contributed by atoms with van der Waals surface area (Å²) in [5.74, 6) is 1.25. The van der Waals surface area contributed by atoms with Crippen molar-refractivity contribution in [2.24, 2.45) is 0 Å². The van der Waals surface area contributed by atoms with Gasteiger partial charge in [0.2, 0.25) is 5.91 Å². The molecule has 1 aromatic heterocycles. The molecule has 0 spiro atoms. The fourth-order valence-electron chi connectivity index (χ4n) is 1.60. The molecule has 0 unspecified atom stereocenters. The Morgan fingerprint density at radius 2 is 2.05 bits per heavy atom. The highest BCUT2D eigenvalue weighted by Gasteiger charge is 2.01. The summed E-state index contributed by atoms with van der Waals surface area (Å²) in [5.41, 5.74) is 0.884. The van der Waals surface area contributed by atoms with Crippen molar-refractivity contribution in [3.63, 3.8) is 0 Å². The molecule has 1 N–H and O–H groups in total. The molecule has 0 radical (unpaired) electrons. The Balaban J connectivity index is 1.88. The number of halogens is 2. The van der Waals surface area contributed by atoms with Crippen LogP contribution in [0.2, 0.25) is 10.0 Å². The zero-order valence-electron chi connectivity index (χ0n) is 10.8. The number of benzene rings is 1. The second kappa shape index (κ2) is 6.64. The van der Waals surface area contributed by atoms with E-state index in [1.807, 2.05) is 19.1 Å². The highest BCUT2D eigenvalue weighted by molar-refractivity contribution is 6.42. The Morgan fingerprint density at radius 1 is 1.25 bits per heavy atom. The smallest absolute Gasteiger partial charge is 0.244 e. The van der Waals surface area contributed by atoms with Crippen LogP contribution in [-0.4, -0.2) is 5.91 Å². The van der Waals surface area contributed by atoms with Gasteiger partial charge in [-0.3, -0.25) is 4.79 Å². The molecule has 1 amide bonds. The lowest BCUT2D eigenvalue weighted by molar-refractivity contribution is -0.116. The zero-order valence-corrected chi connectivity index (χ0v) is 12.3. The second-order valence-corrected chi connectivity index (χ2v) is 5.06. The lowest BCUT2D eigenvalue weighted by atomic mass is 10.2. The van der Waals surface area contributed by atoms with Crippen LogP contribution in [0.3, 0.4) is 0 Å². The average Bonchev–Trinajstić information content (AvgIpc) is 2.83. The van der Waals surface area contributed by atoms with Gasteiger partial charge < -0.3 is 9.73 Å². The van der Waals surface area contributed by atoms with E-state index in [1.54, 1.807) is 24.3 Å². The molecule has 0 saturated carbocycles. The Kier molecular flexibility index (Phi) is 4.88. The third-order valence-corrected chi connectivity index (χ3v) is 3.35. The van der Waals surface area contributed by atoms with Crippen LogP contribution in [0.4, 0.5) is 0 Å². The predicted molar refractivity (Wildman–Crippen MR) is 80.8 cm³/mol. The Hall–Kier alpha value is -1.71. The van der Waals surface area contributed by atoms with E-state index < -0.39 is 0 Å². The first-order valence-electron chi connectivity index (χ1n) is 6.01. The maximum Gasteiger partial charge on any atom is 0.244 e. The number of rotatable bonds is 4. The largest absolute Gasteiger partial charge is 0.462 e. The summed E-state index contributed by atoms with van der Waals surface area (Å²) in [6.45, 7) is 2.24. The van der Waals surface area contributed by atoms with E-state index in [1.165, 1.54) is 6.08 Å². The van der Waals surface area contributed by atoms with Crippen LogP contribution in [0, 0.1) is 6.92 Å². The summed E-state index contributed by atoms with van der Waals surface area (Å²) < 4.78 is 5.33. The number of carbonyl (C=O) groups is 1. The van der Waals surface area contributed by atoms with Crippen LogP contribution < -0.4 is 5.32 Å². The minimum atomic E-state index is -0.204. The van der Waals surface area contributed by atoms with Crippen molar-refractivity contribution in [3.8, 4) is 0 Å². The summed E-state index contributed by atoms with van der Waals surface area (Å²) in [4.78, 5) is 11.6. The second-order valence-electron chi connectivity index (χ2n) is 4.25. The van der Waals surface area contributed by atoms with Crippen molar-refractivity contribution in [1.82, 2.24) is 5.32 Å². The Morgan fingerprint density at radius 3 is 2.70 bits per heavy atom. The number of furan rings is 1. The maximum atomic E-state index is 11.6. The first kappa shape index (κ1) is 14.7. The molecular weight excluding hydrogens is 297 g/mol. The summed E-state index contributed by atoms with van der Waals surface area (Å²) in [7, 11) is 0. The number of nitrogens with one attached hydrogen (secondary N) is 1. The summed E-state index contributed by atoms with van der Waals surface area (Å²) >= 11 is 11.7. The quantitative estimate of drug-likeness (QED) is 0.859. The van der Waals surface area contributed by atoms with Gasteiger partial charge in [-0.2, -0.15) is 0 Å². The highest BCUT2D eigenvalue weighted by atomic mass is 35.5. The SMILES string of the molecule is Cc1ccc(/C=C/C(=O)NCc2ccc(Cl)c(Cl)c2)o1. The van der Waals surface area contributed by atoms with Crippen molar-refractivity contribution >= 4 is 35.2 Å². The molecule has 104 valence electrons. The molecule has 3 nitrogen and oxygen atoms in total. The standard InChI is InChI=1S/C15H13Cl2NO2/c1-10-2-4-12(20-10)5-7-15(19)18-9-11-3-6-13(16)14(17)8-11/h2-8H,9H2,1H3,(H,18,19)/b7-5+. The van der Waals surface area contributed by atoms with Gasteiger partial charge in [-0.05, 0) is 42.8 Å². The van der Waals surface area contributed by atoms with Gasteiger partial charge in [-0.1, -0.05) is 29.3 Å². The lowest BCUT2D eigenvalue weighted by Crippen LogP contribution is -2.20. The van der Waals surface area contributed by atoms with E-state index >= 15 is 0 Å². The minimum Gasteiger partial charge on any atom is -0.462 e. The summed E-state index contributed by atoms with van der Waals surface area (Å²) in [5, 5.41) is 3.72. The molecule has 0 bridgehead atoms. The monoisotopic (exact) mass is 309 g/mol. The van der Waals surface area contributed by atoms with E-state index in [0.29, 0.717) is 22.4 Å². The van der Waals surface area contributed by atoms with Gasteiger partial charge in [-0.25, -0.2) is 0 Å². The molecule has 2 rings (SSSR count). The van der Waals surface area contributed by atoms with Crippen LogP contribution in [0.1, 0.15) is 17.1 Å². The fraction of sp³-hybridized carbons (Fsp3) is 0.133. The van der Waals surface area contributed by atoms with Crippen molar-refractivity contribution in [1.29, 1.82) is 0 Å². The number of hydrogen-bond acceptors (Lipinski definition) is 2. The zero-order chi connectivity index (χ0) is 14.5. The van der Waals surface area contributed by atoms with Gasteiger partial charge >= 0.3 is 0 Å². The normalized spacial score (nSPS) is 10.9. The van der Waals surface area contributed by atoms with E-state index in [-0.39, 0.29) is 5.91 Å². The minimum absolute atomic E-state index is 0.204.